The zero-order chi connectivity index (χ0) is 14.2. The van der Waals surface area contributed by atoms with E-state index in [0.717, 1.165) is 18.0 Å². The van der Waals surface area contributed by atoms with Crippen molar-refractivity contribution in [3.63, 3.8) is 0 Å². The number of rotatable bonds is 2. The van der Waals surface area contributed by atoms with Crippen LogP contribution in [0.5, 0.6) is 0 Å². The minimum Gasteiger partial charge on any atom is -0.382 e. The Morgan fingerprint density at radius 3 is 2.42 bits per heavy atom. The van der Waals surface area contributed by atoms with Gasteiger partial charge in [0, 0.05) is 26.2 Å². The predicted molar refractivity (Wildman–Crippen MR) is 79.8 cm³/mol. The van der Waals surface area contributed by atoms with Gasteiger partial charge in [0.2, 0.25) is 0 Å². The lowest BCUT2D eigenvalue weighted by Gasteiger charge is -2.38. The maximum atomic E-state index is 12.7. The number of hydrogen-bond donors (Lipinski definition) is 1. The van der Waals surface area contributed by atoms with Crippen molar-refractivity contribution >= 4 is 28.2 Å². The van der Waals surface area contributed by atoms with E-state index in [1.165, 1.54) is 17.8 Å². The highest BCUT2D eigenvalue weighted by Gasteiger charge is 2.32. The zero-order valence-electron chi connectivity index (χ0n) is 12.0. The molecule has 1 aliphatic heterocycles. The van der Waals surface area contributed by atoms with Crippen molar-refractivity contribution in [2.45, 2.75) is 45.2 Å². The van der Waals surface area contributed by atoms with Crippen LogP contribution in [0.2, 0.25) is 0 Å². The Bertz CT molecular complexity index is 461. The van der Waals surface area contributed by atoms with E-state index in [4.69, 9.17) is 5.73 Å². The van der Waals surface area contributed by atoms with Gasteiger partial charge in [-0.05, 0) is 33.1 Å². The van der Waals surface area contributed by atoms with Gasteiger partial charge in [-0.2, -0.15) is 0 Å². The Labute approximate surface area is 118 Å². The first-order valence-electron chi connectivity index (χ1n) is 6.68. The Morgan fingerprint density at radius 2 is 1.95 bits per heavy atom. The summed E-state index contributed by atoms with van der Waals surface area (Å²) in [6.07, 6.45) is 3.32. The minimum absolute atomic E-state index is 0.0304. The van der Waals surface area contributed by atoms with Crippen LogP contribution < -0.4 is 10.6 Å². The average Bonchev–Trinajstić information content (AvgIpc) is 2.71. The fourth-order valence-electron chi connectivity index (χ4n) is 2.60. The third-order valence-electron chi connectivity index (χ3n) is 3.65. The van der Waals surface area contributed by atoms with Crippen LogP contribution in [0.1, 0.15) is 42.8 Å². The molecule has 2 unspecified atom stereocenters. The van der Waals surface area contributed by atoms with Gasteiger partial charge in [-0.15, -0.1) is 0 Å². The number of carbonyl (C=O) groups excluding carboxylic acids is 1. The Balaban J connectivity index is 2.28. The number of carbonyl (C=O) groups is 1. The van der Waals surface area contributed by atoms with Crippen molar-refractivity contribution in [1.82, 2.24) is 9.88 Å². The molecule has 5 nitrogen and oxygen atoms in total. The number of likely N-dealkylation sites (tertiary alicyclic amines) is 1. The highest BCUT2D eigenvalue weighted by molar-refractivity contribution is 7.18. The molecular formula is C13H22N4OS. The maximum Gasteiger partial charge on any atom is 0.268 e. The molecule has 1 aromatic heterocycles. The minimum atomic E-state index is 0.0304. The van der Waals surface area contributed by atoms with Crippen molar-refractivity contribution in [3.8, 4) is 0 Å². The van der Waals surface area contributed by atoms with E-state index in [1.54, 1.807) is 0 Å². The van der Waals surface area contributed by atoms with Crippen LogP contribution in [0, 0.1) is 0 Å². The average molecular weight is 282 g/mol. The Kier molecular flexibility index (Phi) is 3.99. The first kappa shape index (κ1) is 14.1. The highest BCUT2D eigenvalue weighted by Crippen LogP contribution is 2.31. The molecule has 2 atom stereocenters. The summed E-state index contributed by atoms with van der Waals surface area (Å²) in [7, 11) is 3.80. The summed E-state index contributed by atoms with van der Waals surface area (Å²) in [6.45, 7) is 4.22. The van der Waals surface area contributed by atoms with Gasteiger partial charge >= 0.3 is 0 Å². The van der Waals surface area contributed by atoms with Crippen LogP contribution in [0.4, 0.5) is 10.9 Å². The van der Waals surface area contributed by atoms with Gasteiger partial charge in [0.25, 0.3) is 5.91 Å². The van der Waals surface area contributed by atoms with E-state index in [2.05, 4.69) is 18.8 Å². The maximum absolute atomic E-state index is 12.7. The SMILES string of the molecule is CC1CCCC(C)N1C(=O)c1sc(N(C)C)nc1N. The van der Waals surface area contributed by atoms with E-state index in [9.17, 15) is 4.79 Å². The molecule has 1 fully saturated rings. The molecule has 2 N–H and O–H groups in total. The number of aromatic nitrogens is 1. The predicted octanol–water partition coefficient (Wildman–Crippen LogP) is 2.19. The number of amides is 1. The van der Waals surface area contributed by atoms with Gasteiger partial charge in [-0.3, -0.25) is 4.79 Å². The summed E-state index contributed by atoms with van der Waals surface area (Å²) in [5.41, 5.74) is 5.90. The quantitative estimate of drug-likeness (QED) is 0.903. The van der Waals surface area contributed by atoms with Crippen LogP contribution in [0.15, 0.2) is 0 Å². The Morgan fingerprint density at radius 1 is 1.37 bits per heavy atom. The summed E-state index contributed by atoms with van der Waals surface area (Å²) in [4.78, 5) is 21.3. The number of anilines is 2. The van der Waals surface area contributed by atoms with E-state index in [1.807, 2.05) is 23.9 Å². The molecule has 0 spiro atoms. The molecule has 0 bridgehead atoms. The topological polar surface area (TPSA) is 62.5 Å². The van der Waals surface area contributed by atoms with Crippen molar-refractivity contribution in [1.29, 1.82) is 0 Å². The number of nitrogens with two attached hydrogens (primary N) is 1. The number of nitrogens with zero attached hydrogens (tertiary/aromatic N) is 3. The molecule has 0 aromatic carbocycles. The molecule has 1 aliphatic rings. The van der Waals surface area contributed by atoms with Gasteiger partial charge in [0.15, 0.2) is 5.13 Å². The van der Waals surface area contributed by atoms with Gasteiger partial charge < -0.3 is 15.5 Å². The third kappa shape index (κ3) is 2.68. The second-order valence-electron chi connectivity index (χ2n) is 5.45. The summed E-state index contributed by atoms with van der Waals surface area (Å²) in [5.74, 6) is 0.381. The second-order valence-corrected chi connectivity index (χ2v) is 6.42. The summed E-state index contributed by atoms with van der Waals surface area (Å²) in [6, 6.07) is 0.557. The van der Waals surface area contributed by atoms with E-state index in [-0.39, 0.29) is 18.0 Å². The molecule has 106 valence electrons. The molecule has 2 heterocycles. The first-order chi connectivity index (χ1) is 8.91. The number of nitrogen functional groups attached to an aromatic ring is 1. The summed E-state index contributed by atoms with van der Waals surface area (Å²) in [5, 5.41) is 0.776. The lowest BCUT2D eigenvalue weighted by atomic mass is 9.97. The van der Waals surface area contributed by atoms with E-state index >= 15 is 0 Å². The molecular weight excluding hydrogens is 260 g/mol. The van der Waals surface area contributed by atoms with Crippen LogP contribution >= 0.6 is 11.3 Å². The summed E-state index contributed by atoms with van der Waals surface area (Å²) < 4.78 is 0. The van der Waals surface area contributed by atoms with Crippen molar-refractivity contribution in [2.75, 3.05) is 24.7 Å². The molecule has 0 saturated carbocycles. The fraction of sp³-hybridized carbons (Fsp3) is 0.692. The van der Waals surface area contributed by atoms with Crippen molar-refractivity contribution < 1.29 is 4.79 Å². The summed E-state index contributed by atoms with van der Waals surface area (Å²) >= 11 is 1.37. The number of hydrogen-bond acceptors (Lipinski definition) is 5. The third-order valence-corrected chi connectivity index (χ3v) is 4.87. The zero-order valence-corrected chi connectivity index (χ0v) is 12.8. The first-order valence-corrected chi connectivity index (χ1v) is 7.49. The second kappa shape index (κ2) is 5.36. The van der Waals surface area contributed by atoms with Crippen molar-refractivity contribution in [2.24, 2.45) is 0 Å². The van der Waals surface area contributed by atoms with Crippen LogP contribution in [-0.2, 0) is 0 Å². The smallest absolute Gasteiger partial charge is 0.268 e. The van der Waals surface area contributed by atoms with Gasteiger partial charge in [-0.25, -0.2) is 4.98 Å². The molecule has 0 aliphatic carbocycles. The van der Waals surface area contributed by atoms with Gasteiger partial charge in [0.05, 0.1) is 0 Å². The molecule has 19 heavy (non-hydrogen) atoms. The van der Waals surface area contributed by atoms with E-state index in [0.29, 0.717) is 10.7 Å². The van der Waals surface area contributed by atoms with Crippen molar-refractivity contribution in [3.05, 3.63) is 4.88 Å². The highest BCUT2D eigenvalue weighted by atomic mass is 32.1. The van der Waals surface area contributed by atoms with E-state index < -0.39 is 0 Å². The molecule has 0 radical (unpaired) electrons. The lowest BCUT2D eigenvalue weighted by molar-refractivity contribution is 0.0516. The molecule has 2 rings (SSSR count). The van der Waals surface area contributed by atoms with Crippen LogP contribution in [-0.4, -0.2) is 42.0 Å². The molecule has 1 aromatic rings. The number of thiazole rings is 1. The molecule has 1 saturated heterocycles. The normalized spacial score (nSPS) is 23.5. The van der Waals surface area contributed by atoms with Crippen LogP contribution in [0.25, 0.3) is 0 Å². The lowest BCUT2D eigenvalue weighted by Crippen LogP contribution is -2.47. The monoisotopic (exact) mass is 282 g/mol. The van der Waals surface area contributed by atoms with Gasteiger partial charge in [0.1, 0.15) is 10.7 Å². The Hall–Kier alpha value is -1.30. The standard InChI is InChI=1S/C13H22N4OS/c1-8-6-5-7-9(2)17(8)12(18)10-11(14)15-13(19-10)16(3)4/h8-9H,5-7,14H2,1-4H3. The van der Waals surface area contributed by atoms with Crippen LogP contribution in [0.3, 0.4) is 0 Å². The fourth-order valence-corrected chi connectivity index (χ4v) is 3.46. The molecule has 1 amide bonds. The number of piperidine rings is 1. The van der Waals surface area contributed by atoms with Gasteiger partial charge in [-0.1, -0.05) is 11.3 Å². The largest absolute Gasteiger partial charge is 0.382 e. The molecule has 6 heteroatoms.